The summed E-state index contributed by atoms with van der Waals surface area (Å²) in [6.45, 7) is 4.83. The first-order chi connectivity index (χ1) is 11.2. The second-order valence-corrected chi connectivity index (χ2v) is 7.59. The molecule has 1 aromatic carbocycles. The summed E-state index contributed by atoms with van der Waals surface area (Å²) in [6.07, 6.45) is 0.887. The molecule has 6 nitrogen and oxygen atoms in total. The molecule has 0 atom stereocenters. The van der Waals surface area contributed by atoms with Gasteiger partial charge in [0, 0.05) is 32.2 Å². The lowest BCUT2D eigenvalue weighted by atomic mass is 10.2. The van der Waals surface area contributed by atoms with Crippen molar-refractivity contribution in [3.63, 3.8) is 0 Å². The lowest BCUT2D eigenvalue weighted by molar-refractivity contribution is -0.131. The first kappa shape index (κ1) is 18.6. The lowest BCUT2D eigenvalue weighted by Gasteiger charge is -2.35. The average molecular weight is 361 g/mol. The van der Waals surface area contributed by atoms with Gasteiger partial charge < -0.3 is 9.80 Å². The molecule has 134 valence electrons. The van der Waals surface area contributed by atoms with Crippen LogP contribution in [0.3, 0.4) is 0 Å². The Morgan fingerprint density at radius 3 is 2.33 bits per heavy atom. The largest absolute Gasteiger partial charge is 0.339 e. The number of hydrogen-bond donors (Lipinski definition) is 0. The summed E-state index contributed by atoms with van der Waals surface area (Å²) in [6, 6.07) is 2.58. The van der Waals surface area contributed by atoms with E-state index in [1.165, 1.54) is 0 Å². The van der Waals surface area contributed by atoms with Crippen LogP contribution in [0.15, 0.2) is 18.2 Å². The SMILES string of the molecule is CCN1CCN(C(=O)CN(c2ccc(F)cc2F)S(C)(=O)=O)CC1. The molecule has 1 aliphatic heterocycles. The van der Waals surface area contributed by atoms with Crippen molar-refractivity contribution in [1.29, 1.82) is 0 Å². The second kappa shape index (κ2) is 7.43. The molecule has 0 unspecified atom stereocenters. The van der Waals surface area contributed by atoms with Crippen molar-refractivity contribution >= 4 is 21.6 Å². The molecule has 2 rings (SSSR count). The highest BCUT2D eigenvalue weighted by Gasteiger charge is 2.27. The maximum absolute atomic E-state index is 13.9. The number of anilines is 1. The molecular weight excluding hydrogens is 340 g/mol. The summed E-state index contributed by atoms with van der Waals surface area (Å²) >= 11 is 0. The van der Waals surface area contributed by atoms with E-state index < -0.39 is 34.1 Å². The Labute approximate surface area is 140 Å². The zero-order valence-electron chi connectivity index (χ0n) is 13.7. The molecule has 0 saturated carbocycles. The van der Waals surface area contributed by atoms with Crippen LogP contribution in [0.5, 0.6) is 0 Å². The molecule has 0 aromatic heterocycles. The highest BCUT2D eigenvalue weighted by molar-refractivity contribution is 7.92. The van der Waals surface area contributed by atoms with Crippen molar-refractivity contribution < 1.29 is 22.0 Å². The van der Waals surface area contributed by atoms with Crippen molar-refractivity contribution in [1.82, 2.24) is 9.80 Å². The minimum Gasteiger partial charge on any atom is -0.339 e. The highest BCUT2D eigenvalue weighted by atomic mass is 32.2. The van der Waals surface area contributed by atoms with Crippen molar-refractivity contribution in [2.75, 3.05) is 49.8 Å². The molecule has 1 aromatic rings. The number of hydrogen-bond acceptors (Lipinski definition) is 4. The summed E-state index contributed by atoms with van der Waals surface area (Å²) in [7, 11) is -3.89. The Morgan fingerprint density at radius 1 is 1.21 bits per heavy atom. The van der Waals surface area contributed by atoms with Gasteiger partial charge in [0.2, 0.25) is 15.9 Å². The van der Waals surface area contributed by atoms with E-state index in [-0.39, 0.29) is 5.69 Å². The van der Waals surface area contributed by atoms with Crippen LogP contribution in [0.25, 0.3) is 0 Å². The van der Waals surface area contributed by atoms with Crippen LogP contribution in [-0.4, -0.2) is 69.6 Å². The van der Waals surface area contributed by atoms with Crippen LogP contribution in [0.2, 0.25) is 0 Å². The van der Waals surface area contributed by atoms with Crippen LogP contribution < -0.4 is 4.31 Å². The van der Waals surface area contributed by atoms with Gasteiger partial charge in [0.1, 0.15) is 18.2 Å². The molecule has 1 amide bonds. The van der Waals surface area contributed by atoms with E-state index >= 15 is 0 Å². The van der Waals surface area contributed by atoms with E-state index in [2.05, 4.69) is 4.90 Å². The number of carbonyl (C=O) groups excluding carboxylic acids is 1. The molecule has 0 aliphatic carbocycles. The molecule has 24 heavy (non-hydrogen) atoms. The fourth-order valence-corrected chi connectivity index (χ4v) is 3.45. The monoisotopic (exact) mass is 361 g/mol. The smallest absolute Gasteiger partial charge is 0.243 e. The van der Waals surface area contributed by atoms with Crippen molar-refractivity contribution in [2.24, 2.45) is 0 Å². The Balaban J connectivity index is 2.17. The van der Waals surface area contributed by atoms with Gasteiger partial charge in [-0.15, -0.1) is 0 Å². The number of rotatable bonds is 5. The highest BCUT2D eigenvalue weighted by Crippen LogP contribution is 2.22. The maximum Gasteiger partial charge on any atom is 0.243 e. The van der Waals surface area contributed by atoms with E-state index in [4.69, 9.17) is 0 Å². The molecule has 1 saturated heterocycles. The molecule has 1 heterocycles. The van der Waals surface area contributed by atoms with Gasteiger partial charge in [-0.05, 0) is 18.7 Å². The lowest BCUT2D eigenvalue weighted by Crippen LogP contribution is -2.51. The van der Waals surface area contributed by atoms with Crippen LogP contribution in [0.1, 0.15) is 6.92 Å². The van der Waals surface area contributed by atoms with Gasteiger partial charge in [-0.1, -0.05) is 6.92 Å². The Kier molecular flexibility index (Phi) is 5.76. The third-order valence-electron chi connectivity index (χ3n) is 4.03. The first-order valence-electron chi connectivity index (χ1n) is 7.65. The standard InChI is InChI=1S/C15H21F2N3O3S/c1-3-18-6-8-19(9-7-18)15(21)11-20(24(2,22)23)14-5-4-12(16)10-13(14)17/h4-5,10H,3,6-9,11H2,1-2H3. The number of benzene rings is 1. The molecule has 1 fully saturated rings. The van der Waals surface area contributed by atoms with E-state index in [0.717, 1.165) is 24.9 Å². The van der Waals surface area contributed by atoms with Gasteiger partial charge >= 0.3 is 0 Å². The predicted molar refractivity (Wildman–Crippen MR) is 87.2 cm³/mol. The fourth-order valence-electron chi connectivity index (χ4n) is 2.60. The van der Waals surface area contributed by atoms with Gasteiger partial charge in [-0.2, -0.15) is 0 Å². The summed E-state index contributed by atoms with van der Waals surface area (Å²) in [5.74, 6) is -2.24. The first-order valence-corrected chi connectivity index (χ1v) is 9.50. The van der Waals surface area contributed by atoms with Crippen LogP contribution in [0.4, 0.5) is 14.5 Å². The molecule has 0 N–H and O–H groups in total. The van der Waals surface area contributed by atoms with Gasteiger partial charge in [-0.25, -0.2) is 17.2 Å². The number of likely N-dealkylation sites (N-methyl/N-ethyl adjacent to an activating group) is 1. The number of nitrogens with zero attached hydrogens (tertiary/aromatic N) is 3. The maximum atomic E-state index is 13.9. The molecule has 9 heteroatoms. The third-order valence-corrected chi connectivity index (χ3v) is 5.16. The minimum absolute atomic E-state index is 0.334. The number of halogens is 2. The molecular formula is C15H21F2N3O3S. The summed E-state index contributed by atoms with van der Waals surface area (Å²) < 4.78 is 51.6. The van der Waals surface area contributed by atoms with Crippen LogP contribution in [0, 0.1) is 11.6 Å². The van der Waals surface area contributed by atoms with Gasteiger partial charge in [0.25, 0.3) is 0 Å². The predicted octanol–water partition coefficient (Wildman–Crippen LogP) is 0.895. The van der Waals surface area contributed by atoms with E-state index in [0.29, 0.717) is 36.6 Å². The molecule has 0 bridgehead atoms. The Hall–Kier alpha value is -1.74. The molecule has 0 radical (unpaired) electrons. The summed E-state index contributed by atoms with van der Waals surface area (Å²) in [5.41, 5.74) is -0.334. The zero-order valence-corrected chi connectivity index (χ0v) is 14.5. The topological polar surface area (TPSA) is 60.9 Å². The number of amides is 1. The van der Waals surface area contributed by atoms with Crippen molar-refractivity contribution in [3.05, 3.63) is 29.8 Å². The summed E-state index contributed by atoms with van der Waals surface area (Å²) in [5, 5.41) is 0. The fraction of sp³-hybridized carbons (Fsp3) is 0.533. The summed E-state index contributed by atoms with van der Waals surface area (Å²) in [4.78, 5) is 16.1. The number of carbonyl (C=O) groups is 1. The molecule has 0 spiro atoms. The normalized spacial score (nSPS) is 16.2. The zero-order chi connectivity index (χ0) is 17.9. The Morgan fingerprint density at radius 2 is 1.83 bits per heavy atom. The van der Waals surface area contributed by atoms with E-state index in [1.54, 1.807) is 4.90 Å². The Bertz CT molecular complexity index is 704. The van der Waals surface area contributed by atoms with Gasteiger partial charge in [0.05, 0.1) is 11.9 Å². The number of piperazine rings is 1. The number of sulfonamides is 1. The van der Waals surface area contributed by atoms with Crippen molar-refractivity contribution in [3.8, 4) is 0 Å². The van der Waals surface area contributed by atoms with Crippen LogP contribution >= 0.6 is 0 Å². The average Bonchev–Trinajstić information content (AvgIpc) is 2.52. The second-order valence-electron chi connectivity index (χ2n) is 5.68. The van der Waals surface area contributed by atoms with Crippen molar-refractivity contribution in [2.45, 2.75) is 6.92 Å². The van der Waals surface area contributed by atoms with E-state index in [9.17, 15) is 22.0 Å². The minimum atomic E-state index is -3.89. The van der Waals surface area contributed by atoms with Crippen LogP contribution in [-0.2, 0) is 14.8 Å². The van der Waals surface area contributed by atoms with Gasteiger partial charge in [0.15, 0.2) is 0 Å². The van der Waals surface area contributed by atoms with E-state index in [1.807, 2.05) is 6.92 Å². The third kappa shape index (κ3) is 4.41. The quantitative estimate of drug-likeness (QED) is 0.782. The van der Waals surface area contributed by atoms with Gasteiger partial charge in [-0.3, -0.25) is 9.10 Å². The molecule has 1 aliphatic rings.